The predicted molar refractivity (Wildman–Crippen MR) is 200 cm³/mol. The van der Waals surface area contributed by atoms with E-state index in [1.165, 1.54) is 66.4 Å². The quantitative estimate of drug-likeness (QED) is 0.197. The summed E-state index contributed by atoms with van der Waals surface area (Å²) < 4.78 is 2.49. The first-order valence-corrected chi connectivity index (χ1v) is 16.6. The summed E-state index contributed by atoms with van der Waals surface area (Å²) in [5.41, 5.74) is 12.3. The Morgan fingerprint density at radius 2 is 1.35 bits per heavy atom. The van der Waals surface area contributed by atoms with E-state index in [4.69, 9.17) is 0 Å². The highest BCUT2D eigenvalue weighted by Gasteiger charge is 2.26. The molecule has 0 N–H and O–H groups in total. The molecule has 0 unspecified atom stereocenters. The molecule has 0 amide bonds. The number of allylic oxidation sites excluding steroid dienone is 4. The normalized spacial score (nSPS) is 14.3. The Bertz CT molecular complexity index is 2230. The minimum atomic E-state index is 1.01. The summed E-state index contributed by atoms with van der Waals surface area (Å²) in [6.45, 7) is 10.7. The third kappa shape index (κ3) is 4.91. The van der Waals surface area contributed by atoms with Crippen LogP contribution in [-0.4, -0.2) is 4.57 Å². The van der Waals surface area contributed by atoms with Crippen molar-refractivity contribution in [3.63, 3.8) is 0 Å². The number of rotatable bonds is 4. The Kier molecular flexibility index (Phi) is 8.03. The van der Waals surface area contributed by atoms with Gasteiger partial charge in [0.15, 0.2) is 0 Å². The third-order valence-corrected chi connectivity index (χ3v) is 9.01. The fourth-order valence-corrected chi connectivity index (χ4v) is 7.15. The molecule has 1 aliphatic heterocycles. The van der Waals surface area contributed by atoms with Crippen LogP contribution in [0.25, 0.3) is 62.0 Å². The Morgan fingerprint density at radius 1 is 0.696 bits per heavy atom. The van der Waals surface area contributed by atoms with E-state index in [-0.39, 0.29) is 0 Å². The largest absolute Gasteiger partial charge is 0.313 e. The molecule has 0 fully saturated rings. The van der Waals surface area contributed by atoms with E-state index in [2.05, 4.69) is 163 Å². The number of benzene rings is 5. The van der Waals surface area contributed by atoms with Crippen LogP contribution in [0.5, 0.6) is 0 Å². The van der Waals surface area contributed by atoms with Gasteiger partial charge in [0.25, 0.3) is 0 Å². The molecule has 5 aromatic carbocycles. The molecule has 1 aromatic heterocycles. The van der Waals surface area contributed by atoms with E-state index < -0.39 is 0 Å². The van der Waals surface area contributed by atoms with Crippen LogP contribution in [0.3, 0.4) is 0 Å². The van der Waals surface area contributed by atoms with Crippen LogP contribution < -0.4 is 15.3 Å². The average molecular weight is 597 g/mol. The van der Waals surface area contributed by atoms with Crippen molar-refractivity contribution in [3.8, 4) is 22.3 Å². The number of para-hydroxylation sites is 3. The van der Waals surface area contributed by atoms with Crippen LogP contribution in [-0.2, 0) is 0 Å². The van der Waals surface area contributed by atoms with E-state index in [1.54, 1.807) is 0 Å². The zero-order chi connectivity index (χ0) is 31.6. The first-order chi connectivity index (χ1) is 22.7. The maximum Gasteiger partial charge on any atom is 0.0542 e. The van der Waals surface area contributed by atoms with Crippen molar-refractivity contribution >= 4 is 45.5 Å². The highest BCUT2D eigenvalue weighted by atomic mass is 15.2. The molecule has 0 saturated heterocycles. The standard InChI is InChI=1S/C42H34N2.C2H6/c1-3-15-41-42-29(2)26-31(30-16-5-4-6-17-30)27-37(42)36-22-11-14-25-40(36)44(41)33-19-8-7-18-32(28-33)43-38-23-12-9-20-34(38)35-21-10-13-24-39(35)43;1-2/h3-6,9-17,19-28H,2,7-8,18H2,1H3;1-2H3/b15-3-;. The first-order valence-electron chi connectivity index (χ1n) is 16.6. The van der Waals surface area contributed by atoms with Gasteiger partial charge in [0.1, 0.15) is 0 Å². The van der Waals surface area contributed by atoms with Gasteiger partial charge >= 0.3 is 0 Å². The maximum absolute atomic E-state index is 4.63. The van der Waals surface area contributed by atoms with Gasteiger partial charge in [-0.1, -0.05) is 118 Å². The topological polar surface area (TPSA) is 8.17 Å². The molecular weight excluding hydrogens is 556 g/mol. The second-order valence-corrected chi connectivity index (χ2v) is 11.7. The van der Waals surface area contributed by atoms with Crippen LogP contribution >= 0.6 is 0 Å². The lowest BCUT2D eigenvalue weighted by Gasteiger charge is -2.34. The van der Waals surface area contributed by atoms with Crippen LogP contribution in [0.2, 0.25) is 0 Å². The van der Waals surface area contributed by atoms with Crippen LogP contribution in [0, 0.1) is 0 Å². The highest BCUT2D eigenvalue weighted by Crippen LogP contribution is 2.41. The lowest BCUT2D eigenvalue weighted by molar-refractivity contribution is 0.859. The highest BCUT2D eigenvalue weighted by molar-refractivity contribution is 6.10. The molecule has 2 heterocycles. The molecule has 2 nitrogen and oxygen atoms in total. The Labute approximate surface area is 272 Å². The van der Waals surface area contributed by atoms with E-state index in [9.17, 15) is 0 Å². The van der Waals surface area contributed by atoms with Crippen molar-refractivity contribution in [2.75, 3.05) is 4.90 Å². The van der Waals surface area contributed by atoms with Gasteiger partial charge in [-0.15, -0.1) is 0 Å². The van der Waals surface area contributed by atoms with Crippen molar-refractivity contribution in [2.45, 2.75) is 40.0 Å². The molecule has 6 aromatic rings. The van der Waals surface area contributed by atoms with Crippen molar-refractivity contribution in [1.82, 2.24) is 4.57 Å². The minimum absolute atomic E-state index is 1.01. The molecule has 1 aliphatic carbocycles. The fourth-order valence-electron chi connectivity index (χ4n) is 7.15. The van der Waals surface area contributed by atoms with Crippen molar-refractivity contribution in [2.24, 2.45) is 0 Å². The molecule has 0 spiro atoms. The summed E-state index contributed by atoms with van der Waals surface area (Å²) >= 11 is 0. The fraction of sp³-hybridized carbons (Fsp3) is 0.136. The lowest BCUT2D eigenvalue weighted by Crippen LogP contribution is -2.38. The SMILES string of the molecule is C=c1cc(-c2ccccc2)cc2c1=C(/C=C\C)N(C1=CCCCC(n3c4ccccc4c4ccccc43)=C1)c1ccccc1-2.CC. The second-order valence-electron chi connectivity index (χ2n) is 11.7. The molecule has 2 aliphatic rings. The zero-order valence-corrected chi connectivity index (χ0v) is 27.0. The number of fused-ring (bicyclic) bond motifs is 6. The Balaban J connectivity index is 0.00000166. The summed E-state index contributed by atoms with van der Waals surface area (Å²) in [6.07, 6.45) is 12.4. The lowest BCUT2D eigenvalue weighted by atomic mass is 9.90. The summed E-state index contributed by atoms with van der Waals surface area (Å²) in [7, 11) is 0. The van der Waals surface area contributed by atoms with Gasteiger partial charge < -0.3 is 9.47 Å². The number of nitrogens with zero attached hydrogens (tertiary/aromatic N) is 2. The first kappa shape index (κ1) is 29.4. The van der Waals surface area contributed by atoms with E-state index in [0.29, 0.717) is 0 Å². The average Bonchev–Trinajstić information content (AvgIpc) is 3.25. The number of anilines is 1. The molecule has 2 heteroatoms. The maximum atomic E-state index is 4.63. The summed E-state index contributed by atoms with van der Waals surface area (Å²) in [4.78, 5) is 2.47. The van der Waals surface area contributed by atoms with Crippen LogP contribution in [0.15, 0.2) is 145 Å². The van der Waals surface area contributed by atoms with E-state index in [0.717, 1.165) is 30.2 Å². The summed E-state index contributed by atoms with van der Waals surface area (Å²) in [5, 5.41) is 4.83. The van der Waals surface area contributed by atoms with Gasteiger partial charge in [0.05, 0.1) is 22.4 Å². The third-order valence-electron chi connectivity index (χ3n) is 9.01. The molecule has 0 atom stereocenters. The molecule has 0 bridgehead atoms. The zero-order valence-electron chi connectivity index (χ0n) is 27.0. The van der Waals surface area contributed by atoms with Gasteiger partial charge in [-0.05, 0) is 90.6 Å². The van der Waals surface area contributed by atoms with Gasteiger partial charge in [-0.25, -0.2) is 0 Å². The molecule has 46 heavy (non-hydrogen) atoms. The molecule has 0 radical (unpaired) electrons. The Morgan fingerprint density at radius 3 is 2.07 bits per heavy atom. The van der Waals surface area contributed by atoms with E-state index >= 15 is 0 Å². The predicted octanol–water partition coefficient (Wildman–Crippen LogP) is 10.7. The van der Waals surface area contributed by atoms with Crippen molar-refractivity contribution in [1.29, 1.82) is 0 Å². The van der Waals surface area contributed by atoms with Gasteiger partial charge in [-0.3, -0.25) is 0 Å². The van der Waals surface area contributed by atoms with Gasteiger partial charge in [-0.2, -0.15) is 0 Å². The molecule has 226 valence electrons. The smallest absolute Gasteiger partial charge is 0.0542 e. The monoisotopic (exact) mass is 596 g/mol. The summed E-state index contributed by atoms with van der Waals surface area (Å²) in [6, 6.07) is 41.7. The number of hydrogen-bond donors (Lipinski definition) is 0. The molecular formula is C44H40N2. The van der Waals surface area contributed by atoms with Gasteiger partial charge in [0, 0.05) is 32.9 Å². The molecule has 8 rings (SSSR count). The number of aromatic nitrogens is 1. The second kappa shape index (κ2) is 12.6. The van der Waals surface area contributed by atoms with Crippen molar-refractivity contribution in [3.05, 3.63) is 156 Å². The van der Waals surface area contributed by atoms with Crippen molar-refractivity contribution < 1.29 is 0 Å². The summed E-state index contributed by atoms with van der Waals surface area (Å²) in [5.74, 6) is 0. The van der Waals surface area contributed by atoms with Crippen LogP contribution in [0.4, 0.5) is 5.69 Å². The molecule has 0 saturated carbocycles. The van der Waals surface area contributed by atoms with Crippen LogP contribution in [0.1, 0.15) is 40.0 Å². The Hall–Kier alpha value is -5.34. The van der Waals surface area contributed by atoms with E-state index in [1.807, 2.05) is 13.8 Å². The number of hydrogen-bond acceptors (Lipinski definition) is 1. The van der Waals surface area contributed by atoms with Gasteiger partial charge in [0.2, 0.25) is 0 Å². The minimum Gasteiger partial charge on any atom is -0.313 e.